The summed E-state index contributed by atoms with van der Waals surface area (Å²) in [6, 6.07) is 5.42. The lowest BCUT2D eigenvalue weighted by Gasteiger charge is -2.06. The zero-order valence-electron chi connectivity index (χ0n) is 11.0. The first-order valence-corrected chi connectivity index (χ1v) is 7.89. The molecule has 0 unspecified atom stereocenters. The number of nitrogens with zero attached hydrogens (tertiary/aromatic N) is 1. The van der Waals surface area contributed by atoms with E-state index in [1.165, 1.54) is 12.3 Å². The fraction of sp³-hybridized carbons (Fsp3) is 0.308. The summed E-state index contributed by atoms with van der Waals surface area (Å²) in [5.41, 5.74) is 1.11. The highest BCUT2D eigenvalue weighted by atomic mass is 32.2. The van der Waals surface area contributed by atoms with Crippen LogP contribution in [-0.2, 0) is 16.6 Å². The first-order valence-electron chi connectivity index (χ1n) is 6.40. The van der Waals surface area contributed by atoms with Gasteiger partial charge >= 0.3 is 0 Å². The Hall–Kier alpha value is -1.70. The summed E-state index contributed by atoms with van der Waals surface area (Å²) in [6.07, 6.45) is 7.32. The van der Waals surface area contributed by atoms with E-state index in [4.69, 9.17) is 0 Å². The van der Waals surface area contributed by atoms with Gasteiger partial charge < -0.3 is 10.3 Å². The molecule has 0 radical (unpaired) electrons. The van der Waals surface area contributed by atoms with Crippen molar-refractivity contribution in [3.05, 3.63) is 48.5 Å². The summed E-state index contributed by atoms with van der Waals surface area (Å²) in [5, 5.41) is 3.24. The van der Waals surface area contributed by atoms with E-state index in [0.29, 0.717) is 6.54 Å². The molecule has 0 saturated heterocycles. The fourth-order valence-electron chi connectivity index (χ4n) is 1.71. The second-order valence-electron chi connectivity index (χ2n) is 4.34. The summed E-state index contributed by atoms with van der Waals surface area (Å²) in [5.74, 6) is 0. The maximum Gasteiger partial charge on any atom is 0.242 e. The fourth-order valence-corrected chi connectivity index (χ4v) is 2.76. The lowest BCUT2D eigenvalue weighted by Crippen LogP contribution is -2.27. The third kappa shape index (κ3) is 4.44. The van der Waals surface area contributed by atoms with Crippen LogP contribution in [0.4, 0.5) is 0 Å². The van der Waals surface area contributed by atoms with E-state index < -0.39 is 10.0 Å². The van der Waals surface area contributed by atoms with Crippen LogP contribution in [0.25, 0.3) is 0 Å². The SMILES string of the molecule is O=S(=O)(NCCCNCc1cccnc1)c1cc[nH]c1. The molecule has 0 fully saturated rings. The van der Waals surface area contributed by atoms with E-state index in [-0.39, 0.29) is 4.90 Å². The van der Waals surface area contributed by atoms with Crippen molar-refractivity contribution in [1.29, 1.82) is 0 Å². The highest BCUT2D eigenvalue weighted by Crippen LogP contribution is 2.05. The number of rotatable bonds is 8. The molecule has 0 aliphatic carbocycles. The van der Waals surface area contributed by atoms with Gasteiger partial charge in [-0.3, -0.25) is 4.98 Å². The number of aromatic amines is 1. The minimum absolute atomic E-state index is 0.265. The van der Waals surface area contributed by atoms with Crippen LogP contribution < -0.4 is 10.0 Å². The lowest BCUT2D eigenvalue weighted by molar-refractivity contribution is 0.573. The Labute approximate surface area is 118 Å². The zero-order valence-corrected chi connectivity index (χ0v) is 11.9. The molecule has 2 aromatic heterocycles. The van der Waals surface area contributed by atoms with Gasteiger partial charge in [0.2, 0.25) is 10.0 Å². The van der Waals surface area contributed by atoms with Crippen molar-refractivity contribution in [2.45, 2.75) is 17.9 Å². The molecule has 20 heavy (non-hydrogen) atoms. The van der Waals surface area contributed by atoms with E-state index in [1.54, 1.807) is 12.4 Å². The molecule has 3 N–H and O–H groups in total. The quantitative estimate of drug-likeness (QED) is 0.630. The molecule has 0 saturated carbocycles. The first-order chi connectivity index (χ1) is 9.68. The number of hydrogen-bond acceptors (Lipinski definition) is 4. The summed E-state index contributed by atoms with van der Waals surface area (Å²) in [7, 11) is -3.38. The van der Waals surface area contributed by atoms with Crippen LogP contribution in [0.3, 0.4) is 0 Å². The highest BCUT2D eigenvalue weighted by Gasteiger charge is 2.12. The van der Waals surface area contributed by atoms with Gasteiger partial charge in [0.15, 0.2) is 0 Å². The number of sulfonamides is 1. The van der Waals surface area contributed by atoms with E-state index >= 15 is 0 Å². The highest BCUT2D eigenvalue weighted by molar-refractivity contribution is 7.89. The molecule has 0 spiro atoms. The number of nitrogens with one attached hydrogen (secondary N) is 3. The molecule has 7 heteroatoms. The Morgan fingerprint density at radius 3 is 2.85 bits per heavy atom. The third-order valence-corrected chi connectivity index (χ3v) is 4.21. The van der Waals surface area contributed by atoms with Crippen LogP contribution in [0, 0.1) is 0 Å². The third-order valence-electron chi connectivity index (χ3n) is 2.75. The maximum atomic E-state index is 11.8. The number of H-pyrrole nitrogens is 1. The Morgan fingerprint density at radius 1 is 1.25 bits per heavy atom. The summed E-state index contributed by atoms with van der Waals surface area (Å²) in [6.45, 7) is 1.89. The molecule has 108 valence electrons. The molecule has 0 aromatic carbocycles. The smallest absolute Gasteiger partial charge is 0.242 e. The van der Waals surface area contributed by atoms with Gasteiger partial charge in [-0.1, -0.05) is 6.07 Å². The minimum Gasteiger partial charge on any atom is -0.366 e. The summed E-state index contributed by atoms with van der Waals surface area (Å²) >= 11 is 0. The van der Waals surface area contributed by atoms with E-state index in [9.17, 15) is 8.42 Å². The van der Waals surface area contributed by atoms with Crippen molar-refractivity contribution in [2.75, 3.05) is 13.1 Å². The Balaban J connectivity index is 1.63. The number of aromatic nitrogens is 2. The Kier molecular flexibility index (Phi) is 5.28. The van der Waals surface area contributed by atoms with Gasteiger partial charge in [-0.05, 0) is 30.7 Å². The second-order valence-corrected chi connectivity index (χ2v) is 6.10. The second kappa shape index (κ2) is 7.18. The van der Waals surface area contributed by atoms with Gasteiger partial charge in [-0.15, -0.1) is 0 Å². The molecule has 0 bridgehead atoms. The molecular formula is C13H18N4O2S. The van der Waals surface area contributed by atoms with Gasteiger partial charge in [-0.25, -0.2) is 13.1 Å². The predicted molar refractivity (Wildman–Crippen MR) is 76.5 cm³/mol. The largest absolute Gasteiger partial charge is 0.366 e. The van der Waals surface area contributed by atoms with Crippen molar-refractivity contribution >= 4 is 10.0 Å². The summed E-state index contributed by atoms with van der Waals surface area (Å²) < 4.78 is 26.1. The van der Waals surface area contributed by atoms with Crippen molar-refractivity contribution in [2.24, 2.45) is 0 Å². The van der Waals surface area contributed by atoms with Crippen molar-refractivity contribution < 1.29 is 8.42 Å². The van der Waals surface area contributed by atoms with Gasteiger partial charge in [0.1, 0.15) is 0 Å². The van der Waals surface area contributed by atoms with Crippen molar-refractivity contribution in [1.82, 2.24) is 20.0 Å². The molecule has 0 atom stereocenters. The summed E-state index contributed by atoms with van der Waals surface area (Å²) in [4.78, 5) is 7.02. The standard InChI is InChI=1S/C13H18N4O2S/c18-20(19,13-4-8-16-11-13)17-7-2-6-15-10-12-3-1-5-14-9-12/h1,3-5,8-9,11,15-17H,2,6-7,10H2. The number of pyridine rings is 1. The molecule has 6 nitrogen and oxygen atoms in total. The molecule has 2 rings (SSSR count). The topological polar surface area (TPSA) is 86.9 Å². The molecule has 0 amide bonds. The molecule has 2 heterocycles. The van der Waals surface area contributed by atoms with Crippen molar-refractivity contribution in [3.63, 3.8) is 0 Å². The van der Waals surface area contributed by atoms with Crippen LogP contribution >= 0.6 is 0 Å². The van der Waals surface area contributed by atoms with Gasteiger partial charge in [-0.2, -0.15) is 0 Å². The Morgan fingerprint density at radius 2 is 2.15 bits per heavy atom. The van der Waals surface area contributed by atoms with Crippen molar-refractivity contribution in [3.8, 4) is 0 Å². The molecular weight excluding hydrogens is 276 g/mol. The first kappa shape index (κ1) is 14.7. The van der Waals surface area contributed by atoms with Crippen LogP contribution in [0.1, 0.15) is 12.0 Å². The van der Waals surface area contributed by atoms with Crippen LogP contribution in [0.15, 0.2) is 47.9 Å². The van der Waals surface area contributed by atoms with E-state index in [0.717, 1.165) is 25.1 Å². The van der Waals surface area contributed by atoms with Gasteiger partial charge in [0, 0.05) is 37.9 Å². The average Bonchev–Trinajstić information content (AvgIpc) is 2.99. The van der Waals surface area contributed by atoms with Crippen LogP contribution in [-0.4, -0.2) is 31.5 Å². The molecule has 0 aliphatic rings. The number of hydrogen-bond donors (Lipinski definition) is 3. The average molecular weight is 294 g/mol. The van der Waals surface area contributed by atoms with Crippen LogP contribution in [0.5, 0.6) is 0 Å². The van der Waals surface area contributed by atoms with E-state index in [2.05, 4.69) is 20.0 Å². The zero-order chi connectivity index (χ0) is 14.3. The van der Waals surface area contributed by atoms with E-state index in [1.807, 2.05) is 18.3 Å². The molecule has 0 aliphatic heterocycles. The van der Waals surface area contributed by atoms with Gasteiger partial charge in [0.25, 0.3) is 0 Å². The maximum absolute atomic E-state index is 11.8. The lowest BCUT2D eigenvalue weighted by atomic mass is 10.3. The monoisotopic (exact) mass is 294 g/mol. The van der Waals surface area contributed by atoms with Gasteiger partial charge in [0.05, 0.1) is 4.90 Å². The minimum atomic E-state index is -3.38. The predicted octanol–water partition coefficient (Wildman–Crippen LogP) is 0.868. The Bertz CT molecular complexity index is 597. The van der Waals surface area contributed by atoms with Crippen LogP contribution in [0.2, 0.25) is 0 Å². The normalized spacial score (nSPS) is 11.6. The molecule has 2 aromatic rings.